The fraction of sp³-hybridized carbons (Fsp3) is 0.333. The van der Waals surface area contributed by atoms with Crippen LogP contribution in [0.5, 0.6) is 0 Å². The zero-order valence-electron chi connectivity index (χ0n) is 13.3. The van der Waals surface area contributed by atoms with Crippen LogP contribution < -0.4 is 0 Å². The summed E-state index contributed by atoms with van der Waals surface area (Å²) in [5.74, 6) is 0.196. The second-order valence-corrected chi connectivity index (χ2v) is 10.7. The molecule has 0 spiro atoms. The van der Waals surface area contributed by atoms with E-state index in [0.717, 1.165) is 11.1 Å². The lowest BCUT2D eigenvalue weighted by Gasteiger charge is -2.10. The Morgan fingerprint density at radius 1 is 0.500 bits per heavy atom. The molecule has 6 heteroatoms. The molecule has 4 nitrogen and oxygen atoms in total. The quantitative estimate of drug-likeness (QED) is 0.719. The standard InChI is InChI=1S/C18H20O4S2/c19-23(20)11-9-15-1-2-16(4-3-15)10-12-24(21,22)14-18-7-5-17(13-23)6-8-18/h1-8H,9-14H2. The third-order valence-corrected chi connectivity index (χ3v) is 7.42. The van der Waals surface area contributed by atoms with Gasteiger partial charge >= 0.3 is 0 Å². The van der Waals surface area contributed by atoms with E-state index >= 15 is 0 Å². The van der Waals surface area contributed by atoms with Crippen LogP contribution >= 0.6 is 0 Å². The van der Waals surface area contributed by atoms with Crippen LogP contribution in [-0.2, 0) is 44.0 Å². The van der Waals surface area contributed by atoms with E-state index in [1.807, 2.05) is 24.3 Å². The van der Waals surface area contributed by atoms with Gasteiger partial charge in [-0.1, -0.05) is 48.5 Å². The maximum absolute atomic E-state index is 12.3. The van der Waals surface area contributed by atoms with E-state index in [0.29, 0.717) is 24.0 Å². The van der Waals surface area contributed by atoms with Crippen LogP contribution in [0.4, 0.5) is 0 Å². The molecule has 0 unspecified atom stereocenters. The van der Waals surface area contributed by atoms with E-state index in [1.54, 1.807) is 24.3 Å². The molecule has 0 saturated heterocycles. The number of benzene rings is 2. The van der Waals surface area contributed by atoms with Crippen molar-refractivity contribution in [2.45, 2.75) is 24.3 Å². The van der Waals surface area contributed by atoms with Gasteiger partial charge in [0.1, 0.15) is 0 Å². The van der Waals surface area contributed by atoms with Crippen molar-refractivity contribution in [2.75, 3.05) is 11.5 Å². The molecule has 0 aliphatic carbocycles. The van der Waals surface area contributed by atoms with Gasteiger partial charge in [-0.2, -0.15) is 0 Å². The Morgan fingerprint density at radius 3 is 1.12 bits per heavy atom. The van der Waals surface area contributed by atoms with Gasteiger partial charge in [0, 0.05) is 0 Å². The third-order valence-electron chi connectivity index (χ3n) is 4.22. The van der Waals surface area contributed by atoms with Crippen molar-refractivity contribution < 1.29 is 16.8 Å². The zero-order valence-corrected chi connectivity index (χ0v) is 14.9. The largest absolute Gasteiger partial charge is 0.228 e. The summed E-state index contributed by atoms with van der Waals surface area (Å²) in [4.78, 5) is 0. The summed E-state index contributed by atoms with van der Waals surface area (Å²) >= 11 is 0. The van der Waals surface area contributed by atoms with Gasteiger partial charge in [0.2, 0.25) is 0 Å². The van der Waals surface area contributed by atoms with Crippen LogP contribution in [0.1, 0.15) is 22.3 Å². The number of hydrogen-bond acceptors (Lipinski definition) is 4. The molecule has 0 saturated carbocycles. The summed E-state index contributed by atoms with van der Waals surface area (Å²) in [6, 6.07) is 14.4. The second-order valence-electron chi connectivity index (χ2n) is 6.32. The molecule has 0 fully saturated rings. The van der Waals surface area contributed by atoms with E-state index in [-0.39, 0.29) is 23.0 Å². The highest BCUT2D eigenvalue weighted by molar-refractivity contribution is 7.90. The van der Waals surface area contributed by atoms with Crippen LogP contribution in [0.15, 0.2) is 48.5 Å². The number of hydrogen-bond donors (Lipinski definition) is 0. The van der Waals surface area contributed by atoms with Crippen molar-refractivity contribution in [3.8, 4) is 0 Å². The lowest BCUT2D eigenvalue weighted by Crippen LogP contribution is -2.13. The van der Waals surface area contributed by atoms with Gasteiger partial charge in [-0.3, -0.25) is 0 Å². The molecule has 0 atom stereocenters. The van der Waals surface area contributed by atoms with E-state index in [2.05, 4.69) is 0 Å². The van der Waals surface area contributed by atoms with E-state index < -0.39 is 19.7 Å². The summed E-state index contributed by atoms with van der Waals surface area (Å²) in [5.41, 5.74) is 3.29. The molecule has 24 heavy (non-hydrogen) atoms. The molecule has 0 amide bonds. The summed E-state index contributed by atoms with van der Waals surface area (Å²) in [7, 11) is -6.39. The van der Waals surface area contributed by atoms with Gasteiger partial charge < -0.3 is 0 Å². The molecule has 2 aromatic carbocycles. The lowest BCUT2D eigenvalue weighted by molar-refractivity contribution is 0.592. The average Bonchev–Trinajstić information content (AvgIpc) is 2.53. The van der Waals surface area contributed by atoms with Gasteiger partial charge in [0.15, 0.2) is 19.7 Å². The molecular formula is C18H20O4S2. The molecule has 4 bridgehead atoms. The molecule has 4 heterocycles. The zero-order chi connectivity index (χ0) is 17.2. The molecule has 2 aromatic rings. The Labute approximate surface area is 143 Å². The predicted molar refractivity (Wildman–Crippen MR) is 95.3 cm³/mol. The number of sulfone groups is 2. The molecule has 4 aliphatic heterocycles. The highest BCUT2D eigenvalue weighted by atomic mass is 32.2. The smallest absolute Gasteiger partial charge is 0.154 e. The Hall–Kier alpha value is -1.66. The number of rotatable bonds is 0. The van der Waals surface area contributed by atoms with Crippen LogP contribution in [0.2, 0.25) is 0 Å². The summed E-state index contributed by atoms with van der Waals surface area (Å²) in [5, 5.41) is 0. The SMILES string of the molecule is O=S1(=O)CCc2ccc(cc2)CCS(=O)(=O)Cc2ccc(cc2)C1. The predicted octanol–water partition coefficient (Wildman–Crippen LogP) is 2.32. The highest BCUT2D eigenvalue weighted by Gasteiger charge is 2.15. The molecule has 6 rings (SSSR count). The summed E-state index contributed by atoms with van der Waals surface area (Å²) in [6.07, 6.45) is 0.942. The molecule has 128 valence electrons. The third kappa shape index (κ3) is 4.68. The van der Waals surface area contributed by atoms with E-state index in [4.69, 9.17) is 0 Å². The van der Waals surface area contributed by atoms with Gasteiger partial charge in [-0.25, -0.2) is 16.8 Å². The van der Waals surface area contributed by atoms with Crippen molar-refractivity contribution in [2.24, 2.45) is 0 Å². The van der Waals surface area contributed by atoms with Crippen molar-refractivity contribution in [3.05, 3.63) is 70.8 Å². The van der Waals surface area contributed by atoms with Gasteiger partial charge in [-0.15, -0.1) is 0 Å². The first kappa shape index (κ1) is 17.2. The van der Waals surface area contributed by atoms with Crippen LogP contribution in [0, 0.1) is 0 Å². The Balaban J connectivity index is 1.94. The lowest BCUT2D eigenvalue weighted by atomic mass is 10.1. The number of aryl methyl sites for hydroxylation is 2. The molecule has 0 N–H and O–H groups in total. The minimum atomic E-state index is -3.20. The molecule has 0 radical (unpaired) electrons. The highest BCUT2D eigenvalue weighted by Crippen LogP contribution is 2.15. The molecular weight excluding hydrogens is 344 g/mol. The topological polar surface area (TPSA) is 68.3 Å². The Kier molecular flexibility index (Phi) is 4.78. The van der Waals surface area contributed by atoms with Gasteiger partial charge in [0.25, 0.3) is 0 Å². The fourth-order valence-corrected chi connectivity index (χ4v) is 5.59. The van der Waals surface area contributed by atoms with Crippen LogP contribution in [0.3, 0.4) is 0 Å². The monoisotopic (exact) mass is 364 g/mol. The first-order valence-electron chi connectivity index (χ1n) is 7.88. The van der Waals surface area contributed by atoms with E-state index in [1.165, 1.54) is 0 Å². The average molecular weight is 364 g/mol. The summed E-state index contributed by atoms with van der Waals surface area (Å²) < 4.78 is 49.1. The fourth-order valence-electron chi connectivity index (χ4n) is 2.80. The minimum Gasteiger partial charge on any atom is -0.228 e. The second kappa shape index (κ2) is 6.69. The Morgan fingerprint density at radius 2 is 0.792 bits per heavy atom. The maximum Gasteiger partial charge on any atom is 0.154 e. The minimum absolute atomic E-state index is 0.0158. The summed E-state index contributed by atoms with van der Waals surface area (Å²) in [6.45, 7) is 0. The van der Waals surface area contributed by atoms with Crippen molar-refractivity contribution >= 4 is 19.7 Å². The first-order chi connectivity index (χ1) is 11.3. The molecule has 0 aromatic heterocycles. The van der Waals surface area contributed by atoms with Gasteiger partial charge in [-0.05, 0) is 35.1 Å². The van der Waals surface area contributed by atoms with E-state index in [9.17, 15) is 16.8 Å². The Bertz CT molecular complexity index is 832. The first-order valence-corrected chi connectivity index (χ1v) is 11.5. The van der Waals surface area contributed by atoms with Gasteiger partial charge in [0.05, 0.1) is 23.0 Å². The molecule has 4 aliphatic rings. The normalized spacial score (nSPS) is 20.0. The van der Waals surface area contributed by atoms with Crippen LogP contribution in [-0.4, -0.2) is 28.3 Å². The van der Waals surface area contributed by atoms with Crippen molar-refractivity contribution in [3.63, 3.8) is 0 Å². The van der Waals surface area contributed by atoms with Crippen molar-refractivity contribution in [1.29, 1.82) is 0 Å². The van der Waals surface area contributed by atoms with Crippen LogP contribution in [0.25, 0.3) is 0 Å². The maximum atomic E-state index is 12.3. The van der Waals surface area contributed by atoms with Crippen molar-refractivity contribution in [1.82, 2.24) is 0 Å².